The number of fused-ring (bicyclic) bond motifs is 6. The van der Waals surface area contributed by atoms with Crippen molar-refractivity contribution in [2.75, 3.05) is 0 Å². The van der Waals surface area contributed by atoms with E-state index < -0.39 is 11.6 Å². The van der Waals surface area contributed by atoms with Crippen LogP contribution in [-0.2, 0) is 25.5 Å². The number of epoxide rings is 1. The van der Waals surface area contributed by atoms with Crippen molar-refractivity contribution >= 4 is 17.7 Å². The lowest BCUT2D eigenvalue weighted by atomic mass is 9.55. The Morgan fingerprint density at radius 2 is 1.81 bits per heavy atom. The molecular weight excluding hydrogens is 468 g/mol. The molecule has 0 aromatic heterocycles. The Balaban J connectivity index is 1.06. The SMILES string of the molecule is CC12CCC3c4ccc(OC(=O)c5ccccc5)cc4CCC3C1CCC2OC(=O)C12OC1CCC2=O. The fourth-order valence-corrected chi connectivity index (χ4v) is 8.16. The number of Topliss-reactive ketones (excluding diaryl/α,β-unsaturated/α-hetero) is 1. The third-order valence-electron chi connectivity index (χ3n) is 10.2. The molecule has 6 heteroatoms. The Morgan fingerprint density at radius 1 is 0.973 bits per heavy atom. The molecule has 1 aliphatic heterocycles. The molecule has 4 fully saturated rings. The quantitative estimate of drug-likeness (QED) is 0.249. The molecular formula is C31H32O6. The molecule has 37 heavy (non-hydrogen) atoms. The van der Waals surface area contributed by atoms with Gasteiger partial charge in [0.25, 0.3) is 0 Å². The first-order chi connectivity index (χ1) is 17.9. The Labute approximate surface area is 216 Å². The van der Waals surface area contributed by atoms with E-state index in [1.165, 1.54) is 11.1 Å². The first-order valence-corrected chi connectivity index (χ1v) is 13.7. The summed E-state index contributed by atoms with van der Waals surface area (Å²) in [5.74, 6) is 1.21. The average Bonchev–Trinajstić information content (AvgIpc) is 3.45. The van der Waals surface area contributed by atoms with Crippen LogP contribution in [0.2, 0.25) is 0 Å². The van der Waals surface area contributed by atoms with E-state index >= 15 is 0 Å². The second kappa shape index (κ2) is 8.26. The van der Waals surface area contributed by atoms with Crippen molar-refractivity contribution in [1.82, 2.24) is 0 Å². The van der Waals surface area contributed by atoms with E-state index in [0.29, 0.717) is 41.9 Å². The van der Waals surface area contributed by atoms with Crippen LogP contribution in [0, 0.1) is 17.3 Å². The van der Waals surface area contributed by atoms with E-state index in [0.717, 1.165) is 38.5 Å². The van der Waals surface area contributed by atoms with Crippen LogP contribution in [0.1, 0.15) is 79.3 Å². The Kier molecular flexibility index (Phi) is 5.17. The molecule has 192 valence electrons. The van der Waals surface area contributed by atoms with Crippen molar-refractivity contribution in [3.8, 4) is 5.75 Å². The zero-order valence-electron chi connectivity index (χ0n) is 21.1. The van der Waals surface area contributed by atoms with Gasteiger partial charge >= 0.3 is 11.9 Å². The summed E-state index contributed by atoms with van der Waals surface area (Å²) in [6.45, 7) is 2.29. The number of ketones is 1. The number of hydrogen-bond donors (Lipinski definition) is 0. The smallest absolute Gasteiger partial charge is 0.349 e. The summed E-state index contributed by atoms with van der Waals surface area (Å²) >= 11 is 0. The molecule has 7 unspecified atom stereocenters. The van der Waals surface area contributed by atoms with Gasteiger partial charge in [0.2, 0.25) is 5.60 Å². The van der Waals surface area contributed by atoms with Crippen LogP contribution in [0.3, 0.4) is 0 Å². The van der Waals surface area contributed by atoms with Crippen LogP contribution in [0.5, 0.6) is 5.75 Å². The highest BCUT2D eigenvalue weighted by Crippen LogP contribution is 2.62. The van der Waals surface area contributed by atoms with Gasteiger partial charge in [-0.3, -0.25) is 4.79 Å². The zero-order valence-corrected chi connectivity index (χ0v) is 21.1. The maximum absolute atomic E-state index is 13.0. The summed E-state index contributed by atoms with van der Waals surface area (Å²) in [4.78, 5) is 37.9. The zero-order chi connectivity index (χ0) is 25.4. The van der Waals surface area contributed by atoms with Gasteiger partial charge < -0.3 is 14.2 Å². The molecule has 0 spiro atoms. The molecule has 6 nitrogen and oxygen atoms in total. The van der Waals surface area contributed by atoms with Crippen LogP contribution in [-0.4, -0.2) is 35.5 Å². The van der Waals surface area contributed by atoms with E-state index in [9.17, 15) is 14.4 Å². The monoisotopic (exact) mass is 500 g/mol. The summed E-state index contributed by atoms with van der Waals surface area (Å²) in [5, 5.41) is 0. The van der Waals surface area contributed by atoms with Crippen molar-refractivity contribution in [2.24, 2.45) is 17.3 Å². The van der Waals surface area contributed by atoms with Crippen molar-refractivity contribution < 1.29 is 28.6 Å². The molecule has 2 aromatic carbocycles. The van der Waals surface area contributed by atoms with Crippen molar-refractivity contribution in [1.29, 1.82) is 0 Å². The topological polar surface area (TPSA) is 82.2 Å². The van der Waals surface area contributed by atoms with Crippen molar-refractivity contribution in [2.45, 2.75) is 82.0 Å². The molecule has 1 heterocycles. The van der Waals surface area contributed by atoms with E-state index in [-0.39, 0.29) is 29.4 Å². The van der Waals surface area contributed by atoms with Gasteiger partial charge in [0.15, 0.2) is 5.78 Å². The second-order valence-electron chi connectivity index (χ2n) is 11.9. The largest absolute Gasteiger partial charge is 0.459 e. The first-order valence-electron chi connectivity index (χ1n) is 13.7. The maximum atomic E-state index is 13.0. The van der Waals surface area contributed by atoms with E-state index in [2.05, 4.69) is 13.0 Å². The van der Waals surface area contributed by atoms with Crippen LogP contribution >= 0.6 is 0 Å². The minimum atomic E-state index is -1.28. The Morgan fingerprint density at radius 3 is 2.57 bits per heavy atom. The third kappa shape index (κ3) is 3.44. The van der Waals surface area contributed by atoms with Gasteiger partial charge in [-0.05, 0) is 98.1 Å². The van der Waals surface area contributed by atoms with Crippen molar-refractivity contribution in [3.63, 3.8) is 0 Å². The molecule has 4 aliphatic carbocycles. The lowest BCUT2D eigenvalue weighted by Gasteiger charge is -2.50. The van der Waals surface area contributed by atoms with Gasteiger partial charge in [-0.25, -0.2) is 9.59 Å². The van der Waals surface area contributed by atoms with Crippen LogP contribution < -0.4 is 4.74 Å². The lowest BCUT2D eigenvalue weighted by molar-refractivity contribution is -0.165. The molecule has 7 atom stereocenters. The number of rotatable bonds is 4. The maximum Gasteiger partial charge on any atom is 0.349 e. The molecule has 7 rings (SSSR count). The van der Waals surface area contributed by atoms with Gasteiger partial charge in [-0.15, -0.1) is 0 Å². The average molecular weight is 501 g/mol. The Bertz CT molecular complexity index is 1290. The summed E-state index contributed by atoms with van der Waals surface area (Å²) in [6.07, 6.45) is 6.61. The number of carbonyl (C=O) groups is 3. The number of carbonyl (C=O) groups excluding carboxylic acids is 3. The summed E-state index contributed by atoms with van der Waals surface area (Å²) in [6, 6.07) is 15.2. The predicted molar refractivity (Wildman–Crippen MR) is 134 cm³/mol. The highest BCUT2D eigenvalue weighted by molar-refractivity contribution is 6.12. The van der Waals surface area contributed by atoms with Crippen LogP contribution in [0.15, 0.2) is 48.5 Å². The number of hydrogen-bond acceptors (Lipinski definition) is 6. The highest BCUT2D eigenvalue weighted by Gasteiger charge is 2.73. The fourth-order valence-electron chi connectivity index (χ4n) is 8.16. The van der Waals surface area contributed by atoms with E-state index in [1.54, 1.807) is 12.1 Å². The summed E-state index contributed by atoms with van der Waals surface area (Å²) in [5.41, 5.74) is 1.85. The van der Waals surface area contributed by atoms with Crippen LogP contribution in [0.4, 0.5) is 0 Å². The summed E-state index contributed by atoms with van der Waals surface area (Å²) < 4.78 is 17.3. The van der Waals surface area contributed by atoms with Gasteiger partial charge in [0, 0.05) is 11.8 Å². The number of benzene rings is 2. The predicted octanol–water partition coefficient (Wildman–Crippen LogP) is 5.17. The third-order valence-corrected chi connectivity index (χ3v) is 10.2. The standard InChI is InChI=1S/C31H32O6/c1-30-16-15-22-21-10-8-20(35-28(33)18-5-3-2-4-6-18)17-19(21)7-9-23(22)24(30)11-13-26(30)36-29(34)31-25(32)12-14-27(31)37-31/h2-6,8,10,17,22-24,26-27H,7,9,11-16H2,1H3. The molecule has 0 bridgehead atoms. The van der Waals surface area contributed by atoms with Gasteiger partial charge in [-0.1, -0.05) is 31.2 Å². The number of aryl methyl sites for hydroxylation is 1. The lowest BCUT2D eigenvalue weighted by Crippen LogP contribution is -2.47. The molecule has 0 N–H and O–H groups in total. The Hall–Kier alpha value is -2.99. The number of esters is 2. The van der Waals surface area contributed by atoms with E-state index in [4.69, 9.17) is 14.2 Å². The minimum absolute atomic E-state index is 0.0673. The van der Waals surface area contributed by atoms with E-state index in [1.807, 2.05) is 30.3 Å². The molecule has 0 radical (unpaired) electrons. The molecule has 3 saturated carbocycles. The van der Waals surface area contributed by atoms with Gasteiger partial charge in [0.05, 0.1) is 5.56 Å². The van der Waals surface area contributed by atoms with Gasteiger partial charge in [0.1, 0.15) is 18.0 Å². The normalized spacial score (nSPS) is 37.1. The summed E-state index contributed by atoms with van der Waals surface area (Å²) in [7, 11) is 0. The van der Waals surface area contributed by atoms with Crippen molar-refractivity contribution in [3.05, 3.63) is 65.2 Å². The van der Waals surface area contributed by atoms with Crippen LogP contribution in [0.25, 0.3) is 0 Å². The molecule has 1 saturated heterocycles. The second-order valence-corrected chi connectivity index (χ2v) is 11.9. The molecule has 2 aromatic rings. The van der Waals surface area contributed by atoms with Gasteiger partial charge in [-0.2, -0.15) is 0 Å². The molecule has 5 aliphatic rings. The molecule has 0 amide bonds. The first kappa shape index (κ1) is 23.2. The minimum Gasteiger partial charge on any atom is -0.459 e. The highest BCUT2D eigenvalue weighted by atomic mass is 16.7. The number of ether oxygens (including phenoxy) is 3. The fraction of sp³-hybridized carbons (Fsp3) is 0.516.